The van der Waals surface area contributed by atoms with Crippen molar-refractivity contribution in [2.45, 2.75) is 25.5 Å². The van der Waals surface area contributed by atoms with Crippen LogP contribution in [-0.2, 0) is 4.74 Å². The number of hydrogen-bond acceptors (Lipinski definition) is 6. The van der Waals surface area contributed by atoms with E-state index in [-0.39, 0.29) is 12.2 Å². The van der Waals surface area contributed by atoms with Gasteiger partial charge in [-0.1, -0.05) is 12.1 Å². The number of benzene rings is 1. The lowest BCUT2D eigenvalue weighted by molar-refractivity contribution is -0.0298. The zero-order chi connectivity index (χ0) is 16.5. The van der Waals surface area contributed by atoms with Crippen LogP contribution in [0.1, 0.15) is 25.5 Å². The number of hydrogen-bond donors (Lipinski definition) is 2. The van der Waals surface area contributed by atoms with Crippen molar-refractivity contribution in [2.75, 3.05) is 17.7 Å². The lowest BCUT2D eigenvalue weighted by Gasteiger charge is -2.23. The molecule has 1 saturated heterocycles. The van der Waals surface area contributed by atoms with Gasteiger partial charge < -0.3 is 15.8 Å². The fraction of sp³-hybridized carbons (Fsp3) is 0.312. The molecule has 24 heavy (non-hydrogen) atoms. The summed E-state index contributed by atoms with van der Waals surface area (Å²) in [5, 5.41) is 3.28. The van der Waals surface area contributed by atoms with Gasteiger partial charge in [0.15, 0.2) is 17.0 Å². The number of nitrogen functional groups attached to an aromatic ring is 1. The summed E-state index contributed by atoms with van der Waals surface area (Å²) in [7, 11) is 0. The SMILES string of the molecule is Nc1nc(Nc2ccccc2Br)c2ncn(C3CCCCO3)c2n1. The minimum absolute atomic E-state index is 0.0469. The van der Waals surface area contributed by atoms with Gasteiger partial charge in [0.05, 0.1) is 12.0 Å². The van der Waals surface area contributed by atoms with Gasteiger partial charge in [0.2, 0.25) is 5.95 Å². The van der Waals surface area contributed by atoms with Crippen LogP contribution in [0.15, 0.2) is 35.1 Å². The number of aromatic nitrogens is 4. The van der Waals surface area contributed by atoms with Crippen LogP contribution in [0.5, 0.6) is 0 Å². The molecule has 3 heterocycles. The van der Waals surface area contributed by atoms with Gasteiger partial charge in [0, 0.05) is 11.1 Å². The summed E-state index contributed by atoms with van der Waals surface area (Å²) in [5.74, 6) is 0.786. The summed E-state index contributed by atoms with van der Waals surface area (Å²) in [4.78, 5) is 13.2. The summed E-state index contributed by atoms with van der Waals surface area (Å²) >= 11 is 3.52. The molecule has 124 valence electrons. The average molecular weight is 389 g/mol. The molecule has 0 radical (unpaired) electrons. The smallest absolute Gasteiger partial charge is 0.224 e. The number of para-hydroxylation sites is 1. The number of halogens is 1. The second-order valence-corrected chi connectivity index (χ2v) is 6.53. The van der Waals surface area contributed by atoms with E-state index in [1.165, 1.54) is 0 Å². The molecule has 0 amide bonds. The lowest BCUT2D eigenvalue weighted by atomic mass is 10.2. The molecule has 3 aromatic rings. The maximum absolute atomic E-state index is 5.92. The van der Waals surface area contributed by atoms with E-state index in [0.717, 1.165) is 36.0 Å². The first-order valence-electron chi connectivity index (χ1n) is 7.85. The molecule has 1 unspecified atom stereocenters. The molecule has 7 nitrogen and oxygen atoms in total. The van der Waals surface area contributed by atoms with Gasteiger partial charge in [-0.3, -0.25) is 4.57 Å². The van der Waals surface area contributed by atoms with Crippen LogP contribution in [0, 0.1) is 0 Å². The van der Waals surface area contributed by atoms with Crippen molar-refractivity contribution < 1.29 is 4.74 Å². The van der Waals surface area contributed by atoms with E-state index in [9.17, 15) is 0 Å². The number of nitrogens with one attached hydrogen (secondary N) is 1. The van der Waals surface area contributed by atoms with Crippen LogP contribution in [0.25, 0.3) is 11.2 Å². The molecular weight excluding hydrogens is 372 g/mol. The van der Waals surface area contributed by atoms with Crippen molar-refractivity contribution in [3.8, 4) is 0 Å². The largest absolute Gasteiger partial charge is 0.368 e. The van der Waals surface area contributed by atoms with Gasteiger partial charge in [0.1, 0.15) is 6.23 Å². The molecule has 1 aromatic carbocycles. The van der Waals surface area contributed by atoms with Crippen LogP contribution < -0.4 is 11.1 Å². The second-order valence-electron chi connectivity index (χ2n) is 5.68. The molecule has 1 fully saturated rings. The van der Waals surface area contributed by atoms with Crippen LogP contribution >= 0.6 is 15.9 Å². The molecule has 0 saturated carbocycles. The predicted octanol–water partition coefficient (Wildman–Crippen LogP) is 3.61. The predicted molar refractivity (Wildman–Crippen MR) is 96.0 cm³/mol. The van der Waals surface area contributed by atoms with Crippen molar-refractivity contribution >= 4 is 44.5 Å². The third kappa shape index (κ3) is 2.83. The Morgan fingerprint density at radius 3 is 2.92 bits per heavy atom. The van der Waals surface area contributed by atoms with Crippen LogP contribution in [0.3, 0.4) is 0 Å². The number of anilines is 3. The van der Waals surface area contributed by atoms with Gasteiger partial charge >= 0.3 is 0 Å². The van der Waals surface area contributed by atoms with E-state index in [0.29, 0.717) is 17.0 Å². The Bertz CT molecular complexity index is 874. The van der Waals surface area contributed by atoms with Gasteiger partial charge in [0.25, 0.3) is 0 Å². The van der Waals surface area contributed by atoms with E-state index >= 15 is 0 Å². The van der Waals surface area contributed by atoms with E-state index < -0.39 is 0 Å². The van der Waals surface area contributed by atoms with Crippen molar-refractivity contribution in [3.05, 3.63) is 35.1 Å². The molecule has 1 atom stereocenters. The highest BCUT2D eigenvalue weighted by molar-refractivity contribution is 9.10. The average Bonchev–Trinajstić information content (AvgIpc) is 3.01. The molecule has 0 spiro atoms. The number of ether oxygens (including phenoxy) is 1. The first-order chi connectivity index (χ1) is 11.7. The monoisotopic (exact) mass is 388 g/mol. The molecule has 8 heteroatoms. The quantitative estimate of drug-likeness (QED) is 0.711. The molecule has 2 aromatic heterocycles. The van der Waals surface area contributed by atoms with Crippen molar-refractivity contribution in [1.82, 2.24) is 19.5 Å². The number of rotatable bonds is 3. The Balaban J connectivity index is 1.76. The Morgan fingerprint density at radius 2 is 2.12 bits per heavy atom. The molecule has 0 bridgehead atoms. The third-order valence-electron chi connectivity index (χ3n) is 4.03. The zero-order valence-electron chi connectivity index (χ0n) is 12.9. The maximum Gasteiger partial charge on any atom is 0.224 e. The standard InChI is InChI=1S/C16H17BrN6O/c17-10-5-1-2-6-11(10)20-14-13-15(22-16(18)21-14)23(9-19-13)12-7-3-4-8-24-12/h1-2,5-6,9,12H,3-4,7-8H2,(H3,18,20,21,22). The van der Waals surface area contributed by atoms with Crippen LogP contribution in [0.4, 0.5) is 17.5 Å². The third-order valence-corrected chi connectivity index (χ3v) is 4.72. The van der Waals surface area contributed by atoms with E-state index in [4.69, 9.17) is 10.5 Å². The molecular formula is C16H17BrN6O. The van der Waals surface area contributed by atoms with Crippen molar-refractivity contribution in [2.24, 2.45) is 0 Å². The topological polar surface area (TPSA) is 90.9 Å². The minimum Gasteiger partial charge on any atom is -0.368 e. The summed E-state index contributed by atoms with van der Waals surface area (Å²) < 4.78 is 8.72. The van der Waals surface area contributed by atoms with Crippen molar-refractivity contribution in [1.29, 1.82) is 0 Å². The Hall–Kier alpha value is -2.19. The zero-order valence-corrected chi connectivity index (χ0v) is 14.5. The maximum atomic E-state index is 5.92. The second kappa shape index (κ2) is 6.37. The number of imidazole rings is 1. The fourth-order valence-electron chi connectivity index (χ4n) is 2.86. The highest BCUT2D eigenvalue weighted by Gasteiger charge is 2.21. The summed E-state index contributed by atoms with van der Waals surface area (Å²) in [6.07, 6.45) is 4.87. The van der Waals surface area contributed by atoms with E-state index in [1.807, 2.05) is 28.8 Å². The highest BCUT2D eigenvalue weighted by atomic mass is 79.9. The van der Waals surface area contributed by atoms with Gasteiger partial charge in [-0.2, -0.15) is 9.97 Å². The van der Waals surface area contributed by atoms with Gasteiger partial charge in [-0.25, -0.2) is 4.98 Å². The first kappa shape index (κ1) is 15.3. The summed E-state index contributed by atoms with van der Waals surface area (Å²) in [5.41, 5.74) is 8.17. The van der Waals surface area contributed by atoms with Crippen molar-refractivity contribution in [3.63, 3.8) is 0 Å². The normalized spacial score (nSPS) is 18.0. The Labute approximate surface area is 147 Å². The summed E-state index contributed by atoms with van der Waals surface area (Å²) in [6.45, 7) is 0.757. The Kier molecular flexibility index (Phi) is 4.07. The lowest BCUT2D eigenvalue weighted by Crippen LogP contribution is -2.18. The molecule has 3 N–H and O–H groups in total. The number of fused-ring (bicyclic) bond motifs is 1. The Morgan fingerprint density at radius 1 is 1.25 bits per heavy atom. The molecule has 1 aliphatic heterocycles. The molecule has 4 rings (SSSR count). The summed E-state index contributed by atoms with van der Waals surface area (Å²) in [6, 6.07) is 7.81. The first-order valence-corrected chi connectivity index (χ1v) is 8.65. The van der Waals surface area contributed by atoms with Crippen LogP contribution in [-0.4, -0.2) is 26.1 Å². The van der Waals surface area contributed by atoms with Gasteiger partial charge in [-0.15, -0.1) is 0 Å². The van der Waals surface area contributed by atoms with Gasteiger partial charge in [-0.05, 0) is 47.3 Å². The number of nitrogens with zero attached hydrogens (tertiary/aromatic N) is 4. The van der Waals surface area contributed by atoms with E-state index in [1.54, 1.807) is 6.33 Å². The number of nitrogens with two attached hydrogens (primary N) is 1. The fourth-order valence-corrected chi connectivity index (χ4v) is 3.25. The minimum atomic E-state index is -0.0469. The molecule has 1 aliphatic rings. The highest BCUT2D eigenvalue weighted by Crippen LogP contribution is 2.31. The van der Waals surface area contributed by atoms with Crippen LogP contribution in [0.2, 0.25) is 0 Å². The van der Waals surface area contributed by atoms with E-state index in [2.05, 4.69) is 36.2 Å². The molecule has 0 aliphatic carbocycles.